The summed E-state index contributed by atoms with van der Waals surface area (Å²) in [6.07, 6.45) is 4.16. The van der Waals surface area contributed by atoms with E-state index >= 15 is 0 Å². The van der Waals surface area contributed by atoms with Gasteiger partial charge < -0.3 is 9.64 Å². The third-order valence-electron chi connectivity index (χ3n) is 5.10. The fourth-order valence-electron chi connectivity index (χ4n) is 3.20. The Hall–Kier alpha value is -3.53. The second kappa shape index (κ2) is 15.6. The van der Waals surface area contributed by atoms with E-state index in [2.05, 4.69) is 23.0 Å². The summed E-state index contributed by atoms with van der Waals surface area (Å²) in [6, 6.07) is 20.2. The second-order valence-electron chi connectivity index (χ2n) is 7.67. The van der Waals surface area contributed by atoms with Gasteiger partial charge in [-0.25, -0.2) is 13.1 Å². The molecule has 0 saturated heterocycles. The summed E-state index contributed by atoms with van der Waals surface area (Å²) < 4.78 is 33.2. The molecule has 0 spiro atoms. The first-order valence-electron chi connectivity index (χ1n) is 11.6. The van der Waals surface area contributed by atoms with Crippen molar-refractivity contribution in [3.63, 3.8) is 0 Å². The summed E-state index contributed by atoms with van der Waals surface area (Å²) in [4.78, 5) is 19.3. The average Bonchev–Trinajstić information content (AvgIpc) is 3.45. The van der Waals surface area contributed by atoms with Gasteiger partial charge in [0.25, 0.3) is 0 Å². The van der Waals surface area contributed by atoms with E-state index in [1.165, 1.54) is 29.5 Å². The van der Waals surface area contributed by atoms with Crippen LogP contribution in [0.5, 0.6) is 0 Å². The van der Waals surface area contributed by atoms with Gasteiger partial charge in [0, 0.05) is 10.4 Å². The summed E-state index contributed by atoms with van der Waals surface area (Å²) in [6.45, 7) is 9.34. The maximum absolute atomic E-state index is 12.9. The number of sulfonamides is 1. The van der Waals surface area contributed by atoms with E-state index in [0.29, 0.717) is 23.6 Å². The Morgan fingerprint density at radius 2 is 1.81 bits per heavy atom. The monoisotopic (exact) mass is 539 g/mol. The summed E-state index contributed by atoms with van der Waals surface area (Å²) in [7, 11) is -2.35. The highest BCUT2D eigenvalue weighted by molar-refractivity contribution is 7.89. The van der Waals surface area contributed by atoms with Crippen LogP contribution in [0.1, 0.15) is 23.8 Å². The zero-order valence-corrected chi connectivity index (χ0v) is 22.8. The average molecular weight is 540 g/mol. The topological polar surface area (TPSA) is 88.1 Å². The molecule has 0 aliphatic carbocycles. The molecule has 3 aromatic rings. The SMILES string of the molecule is C=Cc1cc(S(=O)(=O)NCC(=O)N(C/C(=C/CC)OC)Cc2cccs2)ccc1N=C.c1ccccc1. The van der Waals surface area contributed by atoms with Gasteiger partial charge in [0.2, 0.25) is 15.9 Å². The molecule has 1 amide bonds. The van der Waals surface area contributed by atoms with E-state index in [9.17, 15) is 13.2 Å². The van der Waals surface area contributed by atoms with Gasteiger partial charge in [0.1, 0.15) is 5.76 Å². The Bertz CT molecular complexity index is 1250. The molecule has 37 heavy (non-hydrogen) atoms. The summed E-state index contributed by atoms with van der Waals surface area (Å²) >= 11 is 1.53. The number of thiophene rings is 1. The largest absolute Gasteiger partial charge is 0.500 e. The summed E-state index contributed by atoms with van der Waals surface area (Å²) in [5.74, 6) is 0.294. The van der Waals surface area contributed by atoms with Crippen molar-refractivity contribution in [1.29, 1.82) is 0 Å². The lowest BCUT2D eigenvalue weighted by atomic mass is 10.2. The highest BCUT2D eigenvalue weighted by Gasteiger charge is 2.21. The minimum Gasteiger partial charge on any atom is -0.500 e. The van der Waals surface area contributed by atoms with Crippen molar-refractivity contribution in [3.8, 4) is 0 Å². The smallest absolute Gasteiger partial charge is 0.241 e. The lowest BCUT2D eigenvalue weighted by molar-refractivity contribution is -0.130. The zero-order valence-electron chi connectivity index (χ0n) is 21.2. The van der Waals surface area contributed by atoms with E-state index in [1.807, 2.05) is 66.9 Å². The minimum atomic E-state index is -3.90. The number of hydrogen-bond acceptors (Lipinski definition) is 6. The predicted octanol–water partition coefficient (Wildman–Crippen LogP) is 5.66. The van der Waals surface area contributed by atoms with Gasteiger partial charge in [-0.1, -0.05) is 62.0 Å². The third-order valence-corrected chi connectivity index (χ3v) is 7.36. The molecule has 9 heteroatoms. The number of allylic oxidation sites excluding steroid dienone is 1. The molecule has 0 radical (unpaired) electrons. The van der Waals surface area contributed by atoms with Crippen LogP contribution in [0, 0.1) is 0 Å². The molecule has 196 valence electrons. The number of nitrogens with zero attached hydrogens (tertiary/aromatic N) is 2. The molecule has 1 aromatic heterocycles. The lowest BCUT2D eigenvalue weighted by Gasteiger charge is -2.23. The molecule has 1 heterocycles. The van der Waals surface area contributed by atoms with Crippen LogP contribution in [0.3, 0.4) is 0 Å². The van der Waals surface area contributed by atoms with Crippen molar-refractivity contribution < 1.29 is 17.9 Å². The maximum atomic E-state index is 12.9. The Balaban J connectivity index is 0.000000700. The number of aliphatic imine (C=N–C) groups is 1. The molecule has 0 atom stereocenters. The van der Waals surface area contributed by atoms with Crippen LogP contribution in [0.15, 0.2) is 100 Å². The minimum absolute atomic E-state index is 0.0240. The third kappa shape index (κ3) is 9.80. The quantitative estimate of drug-likeness (QED) is 0.238. The highest BCUT2D eigenvalue weighted by atomic mass is 32.2. The fourth-order valence-corrected chi connectivity index (χ4v) is 4.92. The van der Waals surface area contributed by atoms with E-state index < -0.39 is 10.0 Å². The highest BCUT2D eigenvalue weighted by Crippen LogP contribution is 2.23. The van der Waals surface area contributed by atoms with Crippen LogP contribution in [-0.2, 0) is 26.1 Å². The Kier molecular flexibility index (Phi) is 12.5. The zero-order chi connectivity index (χ0) is 27.1. The number of ether oxygens (including phenoxy) is 1. The molecule has 1 N–H and O–H groups in total. The Labute approximate surface area is 223 Å². The van der Waals surface area contributed by atoms with Gasteiger partial charge in [0.05, 0.1) is 37.3 Å². The van der Waals surface area contributed by atoms with Crippen molar-refractivity contribution in [1.82, 2.24) is 9.62 Å². The van der Waals surface area contributed by atoms with Crippen LogP contribution in [-0.4, -0.2) is 46.1 Å². The summed E-state index contributed by atoms with van der Waals surface area (Å²) in [5, 5.41) is 1.93. The van der Waals surface area contributed by atoms with E-state index in [0.717, 1.165) is 11.3 Å². The van der Waals surface area contributed by atoms with Crippen molar-refractivity contribution in [2.75, 3.05) is 20.2 Å². The van der Waals surface area contributed by atoms with Crippen LogP contribution in [0.25, 0.3) is 6.08 Å². The normalized spacial score (nSPS) is 11.1. The lowest BCUT2D eigenvalue weighted by Crippen LogP contribution is -2.40. The molecule has 0 aliphatic heterocycles. The number of hydrogen-bond donors (Lipinski definition) is 1. The number of carbonyl (C=O) groups is 1. The molecule has 0 saturated carbocycles. The number of nitrogens with one attached hydrogen (secondary N) is 1. The molecular weight excluding hydrogens is 506 g/mol. The van der Waals surface area contributed by atoms with Gasteiger partial charge in [-0.15, -0.1) is 11.3 Å². The number of carbonyl (C=O) groups excluding carboxylic acids is 1. The first kappa shape index (κ1) is 29.7. The van der Waals surface area contributed by atoms with Crippen molar-refractivity contribution in [2.45, 2.75) is 24.8 Å². The number of rotatable bonds is 12. The standard InChI is InChI=1S/C22H27N3O4S2.C6H6/c1-5-8-18(29-4)15-25(16-19-9-7-12-30-19)22(26)14-24-31(27,28)20-10-11-21(23-3)17(6-2)13-20;1-2-4-6-5-3-1/h6-13,24H,2-3,5,14-16H2,1,4H3;1-6H/b18-8-;. The summed E-state index contributed by atoms with van der Waals surface area (Å²) in [5.41, 5.74) is 1.07. The van der Waals surface area contributed by atoms with Gasteiger partial charge in [-0.2, -0.15) is 0 Å². The van der Waals surface area contributed by atoms with Gasteiger partial charge in [0.15, 0.2) is 0 Å². The molecule has 2 aromatic carbocycles. The molecule has 3 rings (SSSR count). The first-order valence-corrected chi connectivity index (χ1v) is 14.0. The molecule has 0 unspecified atom stereocenters. The second-order valence-corrected chi connectivity index (χ2v) is 10.5. The van der Waals surface area contributed by atoms with Crippen LogP contribution < -0.4 is 4.72 Å². The maximum Gasteiger partial charge on any atom is 0.241 e. The van der Waals surface area contributed by atoms with Gasteiger partial charge in [-0.3, -0.25) is 9.79 Å². The first-order chi connectivity index (χ1) is 17.8. The van der Waals surface area contributed by atoms with Crippen molar-refractivity contribution in [3.05, 3.63) is 101 Å². The molecule has 7 nitrogen and oxygen atoms in total. The number of methoxy groups -OCH3 is 1. The van der Waals surface area contributed by atoms with Crippen LogP contribution >= 0.6 is 11.3 Å². The van der Waals surface area contributed by atoms with Gasteiger partial charge in [-0.05, 0) is 48.9 Å². The number of amides is 1. The van der Waals surface area contributed by atoms with Crippen LogP contribution in [0.2, 0.25) is 0 Å². The Morgan fingerprint density at radius 3 is 2.32 bits per heavy atom. The van der Waals surface area contributed by atoms with E-state index in [1.54, 1.807) is 18.1 Å². The number of benzene rings is 2. The Morgan fingerprint density at radius 1 is 1.14 bits per heavy atom. The predicted molar refractivity (Wildman–Crippen MR) is 152 cm³/mol. The van der Waals surface area contributed by atoms with E-state index in [-0.39, 0.29) is 23.9 Å². The molecule has 0 bridgehead atoms. The molecule has 0 aliphatic rings. The molecular formula is C28H33N3O4S2. The van der Waals surface area contributed by atoms with E-state index in [4.69, 9.17) is 4.74 Å². The fraction of sp³-hybridized carbons (Fsp3) is 0.214. The van der Waals surface area contributed by atoms with Crippen molar-refractivity contribution >= 4 is 45.7 Å². The van der Waals surface area contributed by atoms with Crippen LogP contribution in [0.4, 0.5) is 5.69 Å². The van der Waals surface area contributed by atoms with Crippen molar-refractivity contribution in [2.24, 2.45) is 4.99 Å². The van der Waals surface area contributed by atoms with Gasteiger partial charge >= 0.3 is 0 Å². The molecule has 0 fully saturated rings.